The zero-order valence-corrected chi connectivity index (χ0v) is 10.3. The van der Waals surface area contributed by atoms with Gasteiger partial charge in [0.15, 0.2) is 0 Å². The van der Waals surface area contributed by atoms with Crippen LogP contribution in [0.4, 0.5) is 0 Å². The highest BCUT2D eigenvalue weighted by atomic mass is 16.2. The van der Waals surface area contributed by atoms with E-state index in [-0.39, 0.29) is 18.0 Å². The zero-order chi connectivity index (χ0) is 11.4. The first-order valence-corrected chi connectivity index (χ1v) is 6.07. The Kier molecular flexibility index (Phi) is 4.58. The van der Waals surface area contributed by atoms with Gasteiger partial charge in [-0.25, -0.2) is 0 Å². The molecule has 0 aromatic rings. The van der Waals surface area contributed by atoms with Crippen molar-refractivity contribution in [2.75, 3.05) is 0 Å². The van der Waals surface area contributed by atoms with E-state index in [4.69, 9.17) is 0 Å². The molecule has 88 valence electrons. The largest absolute Gasteiger partial charge is 0.352 e. The summed E-state index contributed by atoms with van der Waals surface area (Å²) < 4.78 is 0. The van der Waals surface area contributed by atoms with Crippen molar-refractivity contribution in [3.8, 4) is 0 Å². The van der Waals surface area contributed by atoms with E-state index in [1.165, 1.54) is 6.42 Å². The molecule has 1 heterocycles. The maximum absolute atomic E-state index is 11.9. The number of amides is 1. The third kappa shape index (κ3) is 3.82. The SMILES string of the molecule is CC1CCCC(C(=O)NC(C)C(C)C)N1. The predicted molar refractivity (Wildman–Crippen MR) is 62.7 cm³/mol. The highest BCUT2D eigenvalue weighted by Gasteiger charge is 2.25. The number of hydrogen-bond donors (Lipinski definition) is 2. The average Bonchev–Trinajstić information content (AvgIpc) is 2.17. The van der Waals surface area contributed by atoms with Gasteiger partial charge in [0.2, 0.25) is 5.91 Å². The van der Waals surface area contributed by atoms with Crippen LogP contribution in [0.15, 0.2) is 0 Å². The summed E-state index contributed by atoms with van der Waals surface area (Å²) in [6, 6.07) is 0.760. The second-order valence-electron chi connectivity index (χ2n) is 5.09. The number of rotatable bonds is 3. The Morgan fingerprint density at radius 3 is 2.53 bits per heavy atom. The van der Waals surface area contributed by atoms with Crippen LogP contribution in [0.5, 0.6) is 0 Å². The summed E-state index contributed by atoms with van der Waals surface area (Å²) in [6.45, 7) is 8.46. The van der Waals surface area contributed by atoms with Gasteiger partial charge < -0.3 is 10.6 Å². The number of carbonyl (C=O) groups is 1. The summed E-state index contributed by atoms with van der Waals surface area (Å²) in [4.78, 5) is 11.9. The van der Waals surface area contributed by atoms with E-state index < -0.39 is 0 Å². The lowest BCUT2D eigenvalue weighted by atomic mass is 9.98. The molecule has 3 heteroatoms. The van der Waals surface area contributed by atoms with Crippen molar-refractivity contribution in [1.82, 2.24) is 10.6 Å². The maximum atomic E-state index is 11.9. The first kappa shape index (κ1) is 12.5. The standard InChI is InChI=1S/C12H24N2O/c1-8(2)10(4)14-12(15)11-7-5-6-9(3)13-11/h8-11,13H,5-7H2,1-4H3,(H,14,15). The van der Waals surface area contributed by atoms with E-state index in [2.05, 4.69) is 38.3 Å². The van der Waals surface area contributed by atoms with Gasteiger partial charge in [0.25, 0.3) is 0 Å². The van der Waals surface area contributed by atoms with Gasteiger partial charge in [-0.3, -0.25) is 4.79 Å². The van der Waals surface area contributed by atoms with Crippen molar-refractivity contribution in [3.05, 3.63) is 0 Å². The van der Waals surface area contributed by atoms with E-state index in [1.807, 2.05) is 0 Å². The monoisotopic (exact) mass is 212 g/mol. The lowest BCUT2D eigenvalue weighted by Gasteiger charge is -2.29. The summed E-state index contributed by atoms with van der Waals surface area (Å²) in [7, 11) is 0. The van der Waals surface area contributed by atoms with Crippen molar-refractivity contribution in [2.45, 2.75) is 65.1 Å². The Bertz CT molecular complexity index is 216. The molecule has 0 aliphatic carbocycles. The normalized spacial score (nSPS) is 28.9. The molecule has 1 rings (SSSR count). The minimum atomic E-state index is 0.0231. The molecular weight excluding hydrogens is 188 g/mol. The van der Waals surface area contributed by atoms with Gasteiger partial charge in [-0.15, -0.1) is 0 Å². The summed E-state index contributed by atoms with van der Waals surface area (Å²) in [5.74, 6) is 0.665. The second kappa shape index (κ2) is 5.50. The molecule has 0 bridgehead atoms. The van der Waals surface area contributed by atoms with Gasteiger partial charge in [0, 0.05) is 12.1 Å². The van der Waals surface area contributed by atoms with E-state index in [1.54, 1.807) is 0 Å². The molecule has 1 aliphatic heterocycles. The second-order valence-corrected chi connectivity index (χ2v) is 5.09. The van der Waals surface area contributed by atoms with Gasteiger partial charge in [-0.2, -0.15) is 0 Å². The Hall–Kier alpha value is -0.570. The van der Waals surface area contributed by atoms with Crippen LogP contribution < -0.4 is 10.6 Å². The average molecular weight is 212 g/mol. The lowest BCUT2D eigenvalue weighted by Crippen LogP contribution is -2.52. The fourth-order valence-corrected chi connectivity index (χ4v) is 1.84. The van der Waals surface area contributed by atoms with Crippen molar-refractivity contribution >= 4 is 5.91 Å². The highest BCUT2D eigenvalue weighted by Crippen LogP contribution is 2.12. The third-order valence-electron chi connectivity index (χ3n) is 3.30. The first-order chi connectivity index (χ1) is 7.00. The molecular formula is C12H24N2O. The van der Waals surface area contributed by atoms with Gasteiger partial charge in [0.1, 0.15) is 0 Å². The predicted octanol–water partition coefficient (Wildman–Crippen LogP) is 1.68. The van der Waals surface area contributed by atoms with Crippen molar-refractivity contribution < 1.29 is 4.79 Å². The summed E-state index contributed by atoms with van der Waals surface area (Å²) in [6.07, 6.45) is 3.31. The third-order valence-corrected chi connectivity index (χ3v) is 3.30. The molecule has 1 saturated heterocycles. The number of carbonyl (C=O) groups excluding carboxylic acids is 1. The zero-order valence-electron chi connectivity index (χ0n) is 10.3. The Labute approximate surface area is 93.0 Å². The minimum absolute atomic E-state index is 0.0231. The molecule has 3 atom stereocenters. The van der Waals surface area contributed by atoms with Crippen LogP contribution in [0, 0.1) is 5.92 Å². The topological polar surface area (TPSA) is 41.1 Å². The maximum Gasteiger partial charge on any atom is 0.237 e. The van der Waals surface area contributed by atoms with E-state index in [9.17, 15) is 4.79 Å². The molecule has 1 aliphatic rings. The van der Waals surface area contributed by atoms with Crippen LogP contribution in [-0.2, 0) is 4.79 Å². The van der Waals surface area contributed by atoms with E-state index in [0.717, 1.165) is 12.8 Å². The van der Waals surface area contributed by atoms with E-state index in [0.29, 0.717) is 12.0 Å². The van der Waals surface area contributed by atoms with Crippen molar-refractivity contribution in [2.24, 2.45) is 5.92 Å². The fraction of sp³-hybridized carbons (Fsp3) is 0.917. The van der Waals surface area contributed by atoms with Crippen LogP contribution in [-0.4, -0.2) is 24.0 Å². The molecule has 0 spiro atoms. The Morgan fingerprint density at radius 1 is 1.33 bits per heavy atom. The quantitative estimate of drug-likeness (QED) is 0.747. The molecule has 1 amide bonds. The molecule has 15 heavy (non-hydrogen) atoms. The molecule has 1 fully saturated rings. The lowest BCUT2D eigenvalue weighted by molar-refractivity contribution is -0.124. The van der Waals surface area contributed by atoms with Crippen LogP contribution in [0.1, 0.15) is 47.0 Å². The van der Waals surface area contributed by atoms with Crippen LogP contribution in [0.3, 0.4) is 0 Å². The Balaban J connectivity index is 2.39. The van der Waals surface area contributed by atoms with Crippen LogP contribution in [0.2, 0.25) is 0 Å². The van der Waals surface area contributed by atoms with Gasteiger partial charge in [0.05, 0.1) is 6.04 Å². The summed E-state index contributed by atoms with van der Waals surface area (Å²) in [5.41, 5.74) is 0. The minimum Gasteiger partial charge on any atom is -0.352 e. The molecule has 0 radical (unpaired) electrons. The highest BCUT2D eigenvalue weighted by molar-refractivity contribution is 5.82. The molecule has 3 unspecified atom stereocenters. The summed E-state index contributed by atoms with van der Waals surface area (Å²) in [5, 5.41) is 6.42. The van der Waals surface area contributed by atoms with E-state index >= 15 is 0 Å². The number of hydrogen-bond acceptors (Lipinski definition) is 2. The van der Waals surface area contributed by atoms with Crippen LogP contribution >= 0.6 is 0 Å². The molecule has 0 aromatic heterocycles. The first-order valence-electron chi connectivity index (χ1n) is 6.07. The van der Waals surface area contributed by atoms with Crippen molar-refractivity contribution in [3.63, 3.8) is 0 Å². The van der Waals surface area contributed by atoms with Gasteiger partial charge in [-0.1, -0.05) is 13.8 Å². The molecule has 0 saturated carbocycles. The molecule has 3 nitrogen and oxygen atoms in total. The Morgan fingerprint density at radius 2 is 2.00 bits per heavy atom. The molecule has 0 aromatic carbocycles. The number of nitrogens with one attached hydrogen (secondary N) is 2. The summed E-state index contributed by atoms with van der Waals surface area (Å²) >= 11 is 0. The smallest absolute Gasteiger partial charge is 0.237 e. The fourth-order valence-electron chi connectivity index (χ4n) is 1.84. The van der Waals surface area contributed by atoms with Crippen LogP contribution in [0.25, 0.3) is 0 Å². The number of piperidine rings is 1. The molecule has 2 N–H and O–H groups in total. The van der Waals surface area contributed by atoms with Gasteiger partial charge in [-0.05, 0) is 39.0 Å². The van der Waals surface area contributed by atoms with Gasteiger partial charge >= 0.3 is 0 Å². The van der Waals surface area contributed by atoms with Crippen molar-refractivity contribution in [1.29, 1.82) is 0 Å².